The molecule has 21 heavy (non-hydrogen) atoms. The van der Waals surface area contributed by atoms with Gasteiger partial charge in [-0.2, -0.15) is 0 Å². The molecule has 2 rings (SSSR count). The Morgan fingerprint density at radius 3 is 2.57 bits per heavy atom. The van der Waals surface area contributed by atoms with Crippen LogP contribution in [0.15, 0.2) is 18.2 Å². The first kappa shape index (κ1) is 15.3. The molecule has 0 aliphatic carbocycles. The first-order valence-electron chi connectivity index (χ1n) is 7.04. The quantitative estimate of drug-likeness (QED) is 0.683. The van der Waals surface area contributed by atoms with Gasteiger partial charge in [-0.25, -0.2) is 9.18 Å². The Morgan fingerprint density at radius 1 is 1.29 bits per heavy atom. The van der Waals surface area contributed by atoms with E-state index in [0.717, 1.165) is 25.3 Å². The molecule has 2 N–H and O–H groups in total. The normalized spacial score (nSPS) is 16.4. The van der Waals surface area contributed by atoms with E-state index in [9.17, 15) is 14.0 Å². The van der Waals surface area contributed by atoms with Crippen LogP contribution in [0.1, 0.15) is 36.5 Å². The van der Waals surface area contributed by atoms with E-state index in [4.69, 9.17) is 10.5 Å². The smallest absolute Gasteiger partial charge is 0.339 e. The fourth-order valence-electron chi connectivity index (χ4n) is 2.30. The van der Waals surface area contributed by atoms with Crippen molar-refractivity contribution in [2.45, 2.75) is 32.3 Å². The second kappa shape index (κ2) is 6.56. The molecule has 1 atom stereocenters. The van der Waals surface area contributed by atoms with Gasteiger partial charge in [-0.15, -0.1) is 0 Å². The molecule has 0 radical (unpaired) electrons. The molecule has 1 amide bonds. The first-order chi connectivity index (χ1) is 9.99. The number of hydrogen-bond donors (Lipinski definition) is 1. The van der Waals surface area contributed by atoms with Crippen LogP contribution in [-0.4, -0.2) is 36.0 Å². The second-order valence-corrected chi connectivity index (χ2v) is 5.17. The molecular weight excluding hydrogens is 275 g/mol. The highest BCUT2D eigenvalue weighted by atomic mass is 19.1. The molecule has 0 saturated carbocycles. The van der Waals surface area contributed by atoms with E-state index in [1.165, 1.54) is 19.1 Å². The average Bonchev–Trinajstić information content (AvgIpc) is 2.50. The maximum absolute atomic E-state index is 13.3. The summed E-state index contributed by atoms with van der Waals surface area (Å²) in [6.45, 7) is 2.91. The maximum Gasteiger partial charge on any atom is 0.339 e. The number of rotatable bonds is 3. The number of anilines is 1. The third-order valence-electron chi connectivity index (χ3n) is 3.54. The number of esters is 1. The minimum atomic E-state index is -0.879. The van der Waals surface area contributed by atoms with E-state index in [2.05, 4.69) is 0 Å². The van der Waals surface area contributed by atoms with Crippen LogP contribution >= 0.6 is 0 Å². The van der Waals surface area contributed by atoms with Gasteiger partial charge in [0.25, 0.3) is 5.91 Å². The Morgan fingerprint density at radius 2 is 1.95 bits per heavy atom. The third-order valence-corrected chi connectivity index (χ3v) is 3.54. The summed E-state index contributed by atoms with van der Waals surface area (Å²) in [6.07, 6.45) is 2.17. The Kier molecular flexibility index (Phi) is 4.77. The Bertz CT molecular complexity index is 542. The summed E-state index contributed by atoms with van der Waals surface area (Å²) in [5, 5.41) is 0. The van der Waals surface area contributed by atoms with Gasteiger partial charge in [0.05, 0.1) is 11.3 Å². The van der Waals surface area contributed by atoms with Crippen molar-refractivity contribution >= 4 is 17.6 Å². The average molecular weight is 294 g/mol. The topological polar surface area (TPSA) is 72.6 Å². The van der Waals surface area contributed by atoms with Crippen LogP contribution in [0.25, 0.3) is 0 Å². The van der Waals surface area contributed by atoms with Gasteiger partial charge in [-0.1, -0.05) is 0 Å². The molecule has 1 fully saturated rings. The zero-order valence-electron chi connectivity index (χ0n) is 12.0. The number of halogens is 1. The van der Waals surface area contributed by atoms with Gasteiger partial charge in [0, 0.05) is 13.1 Å². The van der Waals surface area contributed by atoms with Crippen molar-refractivity contribution in [2.24, 2.45) is 0 Å². The van der Waals surface area contributed by atoms with Crippen molar-refractivity contribution in [3.63, 3.8) is 0 Å². The SMILES string of the molecule is CC(OC(=O)c1ccc(N)c(F)c1)C(=O)N1CCCCC1. The molecule has 1 saturated heterocycles. The number of benzene rings is 1. The van der Waals surface area contributed by atoms with Gasteiger partial charge < -0.3 is 15.4 Å². The Hall–Kier alpha value is -2.11. The van der Waals surface area contributed by atoms with Crippen LogP contribution in [-0.2, 0) is 9.53 Å². The van der Waals surface area contributed by atoms with Crippen molar-refractivity contribution in [1.29, 1.82) is 0 Å². The standard InChI is InChI=1S/C15H19FN2O3/c1-10(14(19)18-7-3-2-4-8-18)21-15(20)11-5-6-13(17)12(16)9-11/h5-6,9-10H,2-4,7-8,17H2,1H3. The number of amides is 1. The zero-order chi connectivity index (χ0) is 15.4. The number of nitrogens with zero attached hydrogens (tertiary/aromatic N) is 1. The fraction of sp³-hybridized carbons (Fsp3) is 0.467. The van der Waals surface area contributed by atoms with Gasteiger partial charge in [-0.3, -0.25) is 4.79 Å². The predicted molar refractivity (Wildman–Crippen MR) is 76.1 cm³/mol. The van der Waals surface area contributed by atoms with E-state index in [1.54, 1.807) is 4.90 Å². The molecule has 1 aromatic rings. The summed E-state index contributed by atoms with van der Waals surface area (Å²) in [4.78, 5) is 25.7. The molecule has 0 bridgehead atoms. The van der Waals surface area contributed by atoms with Crippen molar-refractivity contribution in [3.8, 4) is 0 Å². The number of carbonyl (C=O) groups excluding carboxylic acids is 2. The number of nitrogens with two attached hydrogens (primary N) is 1. The molecule has 6 heteroatoms. The fourth-order valence-corrected chi connectivity index (χ4v) is 2.30. The summed E-state index contributed by atoms with van der Waals surface area (Å²) < 4.78 is 18.4. The molecule has 1 aliphatic rings. The number of nitrogen functional groups attached to an aromatic ring is 1. The lowest BCUT2D eigenvalue weighted by Crippen LogP contribution is -2.42. The minimum absolute atomic E-state index is 0.0380. The highest BCUT2D eigenvalue weighted by molar-refractivity contribution is 5.92. The van der Waals surface area contributed by atoms with Crippen molar-refractivity contribution < 1.29 is 18.7 Å². The Balaban J connectivity index is 1.97. The molecule has 1 aliphatic heterocycles. The van der Waals surface area contributed by atoms with Crippen LogP contribution < -0.4 is 5.73 Å². The highest BCUT2D eigenvalue weighted by Crippen LogP contribution is 2.15. The van der Waals surface area contributed by atoms with Gasteiger partial charge >= 0.3 is 5.97 Å². The summed E-state index contributed by atoms with van der Waals surface area (Å²) in [7, 11) is 0. The summed E-state index contributed by atoms with van der Waals surface area (Å²) in [6, 6.07) is 3.68. The monoisotopic (exact) mass is 294 g/mol. The van der Waals surface area contributed by atoms with Gasteiger partial charge in [0.15, 0.2) is 6.10 Å². The lowest BCUT2D eigenvalue weighted by atomic mass is 10.1. The maximum atomic E-state index is 13.3. The summed E-state index contributed by atoms with van der Waals surface area (Å²) in [5.74, 6) is -1.62. The van der Waals surface area contributed by atoms with Crippen LogP contribution in [0.2, 0.25) is 0 Å². The van der Waals surface area contributed by atoms with Crippen molar-refractivity contribution in [1.82, 2.24) is 4.90 Å². The highest BCUT2D eigenvalue weighted by Gasteiger charge is 2.25. The van der Waals surface area contributed by atoms with Gasteiger partial charge in [0.2, 0.25) is 0 Å². The van der Waals surface area contributed by atoms with Crippen LogP contribution in [0.3, 0.4) is 0 Å². The molecule has 1 aromatic carbocycles. The second-order valence-electron chi connectivity index (χ2n) is 5.17. The molecule has 5 nitrogen and oxygen atoms in total. The number of carbonyl (C=O) groups is 2. The predicted octanol–water partition coefficient (Wildman–Crippen LogP) is 1.97. The number of likely N-dealkylation sites (tertiary alicyclic amines) is 1. The third kappa shape index (κ3) is 3.71. The van der Waals surface area contributed by atoms with Crippen LogP contribution in [0.5, 0.6) is 0 Å². The molecule has 0 aromatic heterocycles. The van der Waals surface area contributed by atoms with Crippen LogP contribution in [0.4, 0.5) is 10.1 Å². The minimum Gasteiger partial charge on any atom is -0.449 e. The number of ether oxygens (including phenoxy) is 1. The molecule has 1 heterocycles. The first-order valence-corrected chi connectivity index (χ1v) is 7.04. The lowest BCUT2D eigenvalue weighted by Gasteiger charge is -2.28. The summed E-state index contributed by atoms with van der Waals surface area (Å²) >= 11 is 0. The largest absolute Gasteiger partial charge is 0.449 e. The summed E-state index contributed by atoms with van der Waals surface area (Å²) in [5.41, 5.74) is 5.35. The van der Waals surface area contributed by atoms with E-state index in [0.29, 0.717) is 13.1 Å². The molecule has 1 unspecified atom stereocenters. The molecular formula is C15H19FN2O3. The number of piperidine rings is 1. The van der Waals surface area contributed by atoms with Gasteiger partial charge in [-0.05, 0) is 44.4 Å². The van der Waals surface area contributed by atoms with Crippen molar-refractivity contribution in [3.05, 3.63) is 29.6 Å². The van der Waals surface area contributed by atoms with Crippen molar-refractivity contribution in [2.75, 3.05) is 18.8 Å². The number of hydrogen-bond acceptors (Lipinski definition) is 4. The molecule has 0 spiro atoms. The Labute approximate surface area is 122 Å². The van der Waals surface area contributed by atoms with E-state index >= 15 is 0 Å². The van der Waals surface area contributed by atoms with E-state index in [1.807, 2.05) is 0 Å². The van der Waals surface area contributed by atoms with Gasteiger partial charge in [0.1, 0.15) is 5.82 Å². The lowest BCUT2D eigenvalue weighted by molar-refractivity contribution is -0.140. The van der Waals surface area contributed by atoms with E-state index in [-0.39, 0.29) is 17.2 Å². The van der Waals surface area contributed by atoms with E-state index < -0.39 is 17.9 Å². The zero-order valence-corrected chi connectivity index (χ0v) is 12.0. The molecule has 114 valence electrons. The van der Waals surface area contributed by atoms with Crippen LogP contribution in [0, 0.1) is 5.82 Å².